The van der Waals surface area contributed by atoms with Crippen LogP contribution in [-0.4, -0.2) is 22.2 Å². The molecule has 4 aromatic rings. The zero-order valence-corrected chi connectivity index (χ0v) is 14.6. The average molecular weight is 381 g/mol. The third-order valence-corrected chi connectivity index (χ3v) is 3.87. The summed E-state index contributed by atoms with van der Waals surface area (Å²) < 4.78 is 43.0. The Morgan fingerprint density at radius 2 is 1.79 bits per heavy atom. The highest BCUT2D eigenvalue weighted by Crippen LogP contribution is 2.32. The predicted octanol–water partition coefficient (Wildman–Crippen LogP) is 4.88. The second-order valence-corrected chi connectivity index (χ2v) is 5.68. The summed E-state index contributed by atoms with van der Waals surface area (Å²) in [5.74, 6) is 0.407. The van der Waals surface area contributed by atoms with Crippen molar-refractivity contribution in [2.75, 3.05) is 7.11 Å². The Morgan fingerprint density at radius 1 is 0.964 bits per heavy atom. The zero-order valence-electron chi connectivity index (χ0n) is 14.6. The van der Waals surface area contributed by atoms with Crippen molar-refractivity contribution >= 4 is 0 Å². The molecule has 2 heterocycles. The molecule has 0 bridgehead atoms. The van der Waals surface area contributed by atoms with E-state index in [0.29, 0.717) is 17.2 Å². The summed E-state index contributed by atoms with van der Waals surface area (Å²) in [6.45, 7) is 0. The fraction of sp³-hybridized carbons (Fsp3) is 0.0500. The van der Waals surface area contributed by atoms with Crippen LogP contribution in [0.4, 0.5) is 8.78 Å². The van der Waals surface area contributed by atoms with Crippen molar-refractivity contribution < 1.29 is 22.8 Å². The van der Waals surface area contributed by atoms with Crippen molar-refractivity contribution in [2.24, 2.45) is 0 Å². The van der Waals surface area contributed by atoms with Crippen LogP contribution in [0.1, 0.15) is 0 Å². The Hall–Kier alpha value is -3.81. The van der Waals surface area contributed by atoms with Crippen molar-refractivity contribution in [2.45, 2.75) is 0 Å². The molecule has 0 unspecified atom stereocenters. The number of ether oxygens (including phenoxy) is 2. The van der Waals surface area contributed by atoms with Crippen molar-refractivity contribution in [3.63, 3.8) is 0 Å². The van der Waals surface area contributed by atoms with E-state index in [-0.39, 0.29) is 28.8 Å². The van der Waals surface area contributed by atoms with Crippen LogP contribution in [-0.2, 0) is 0 Å². The second kappa shape index (κ2) is 7.43. The van der Waals surface area contributed by atoms with Gasteiger partial charge in [-0.3, -0.25) is 0 Å². The van der Waals surface area contributed by atoms with Crippen molar-refractivity contribution in [1.29, 1.82) is 0 Å². The van der Waals surface area contributed by atoms with Gasteiger partial charge in [-0.25, -0.2) is 13.8 Å². The maximum Gasteiger partial charge on any atom is 0.265 e. The molecule has 2 aromatic carbocycles. The van der Waals surface area contributed by atoms with E-state index in [4.69, 9.17) is 14.0 Å². The average Bonchev–Trinajstić information content (AvgIpc) is 3.19. The van der Waals surface area contributed by atoms with Crippen molar-refractivity contribution in [3.05, 3.63) is 72.4 Å². The van der Waals surface area contributed by atoms with Gasteiger partial charge in [0.15, 0.2) is 0 Å². The number of rotatable bonds is 5. The number of methoxy groups -OCH3 is 1. The molecular weight excluding hydrogens is 368 g/mol. The third kappa shape index (κ3) is 3.52. The van der Waals surface area contributed by atoms with Gasteiger partial charge in [-0.05, 0) is 42.5 Å². The van der Waals surface area contributed by atoms with Gasteiger partial charge in [-0.15, -0.1) is 0 Å². The highest BCUT2D eigenvalue weighted by molar-refractivity contribution is 5.65. The molecule has 0 N–H and O–H groups in total. The molecule has 4 rings (SSSR count). The van der Waals surface area contributed by atoms with E-state index < -0.39 is 5.82 Å². The van der Waals surface area contributed by atoms with Crippen molar-refractivity contribution in [3.8, 4) is 40.2 Å². The van der Waals surface area contributed by atoms with E-state index in [0.717, 1.165) is 0 Å². The van der Waals surface area contributed by atoms with Crippen LogP contribution in [0.15, 0.2) is 65.3 Å². The van der Waals surface area contributed by atoms with Crippen LogP contribution >= 0.6 is 0 Å². The lowest BCUT2D eigenvalue weighted by Gasteiger charge is -2.05. The summed E-state index contributed by atoms with van der Waals surface area (Å²) in [5.41, 5.74) is 0.643. The highest BCUT2D eigenvalue weighted by Gasteiger charge is 2.19. The molecular formula is C20H13F2N3O3. The normalized spacial score (nSPS) is 10.7. The Bertz CT molecular complexity index is 1100. The van der Waals surface area contributed by atoms with Crippen LogP contribution in [0, 0.1) is 11.6 Å². The fourth-order valence-corrected chi connectivity index (χ4v) is 2.52. The number of halogens is 2. The largest absolute Gasteiger partial charge is 0.496 e. The quantitative estimate of drug-likeness (QED) is 0.491. The molecule has 0 aliphatic heterocycles. The van der Waals surface area contributed by atoms with E-state index in [9.17, 15) is 8.78 Å². The minimum atomic E-state index is -0.532. The fourth-order valence-electron chi connectivity index (χ4n) is 2.52. The standard InChI is InChI=1S/C20H13F2N3O3/c1-26-16-4-2-3-15(22)18(16)20-24-19(25-28-20)12-5-10-17(23-11-12)27-14-8-6-13(21)7-9-14/h2-11H,1H3. The topological polar surface area (TPSA) is 70.3 Å². The van der Waals surface area contributed by atoms with Gasteiger partial charge in [0.1, 0.15) is 28.7 Å². The van der Waals surface area contributed by atoms with Gasteiger partial charge in [0.2, 0.25) is 11.7 Å². The number of pyridine rings is 1. The van der Waals surface area contributed by atoms with Gasteiger partial charge in [0, 0.05) is 17.8 Å². The summed E-state index contributed by atoms with van der Waals surface area (Å²) in [6, 6.07) is 13.3. The lowest BCUT2D eigenvalue weighted by atomic mass is 10.2. The molecule has 0 saturated carbocycles. The second-order valence-electron chi connectivity index (χ2n) is 5.68. The maximum atomic E-state index is 14.2. The molecule has 2 aromatic heterocycles. The molecule has 0 radical (unpaired) electrons. The number of hydrogen-bond donors (Lipinski definition) is 0. The number of aromatic nitrogens is 3. The first-order valence-electron chi connectivity index (χ1n) is 8.20. The molecule has 140 valence electrons. The molecule has 0 fully saturated rings. The van der Waals surface area contributed by atoms with Crippen LogP contribution < -0.4 is 9.47 Å². The smallest absolute Gasteiger partial charge is 0.265 e. The molecule has 0 aliphatic rings. The highest BCUT2D eigenvalue weighted by atomic mass is 19.1. The maximum absolute atomic E-state index is 14.2. The first-order chi connectivity index (χ1) is 13.6. The number of hydrogen-bond acceptors (Lipinski definition) is 6. The molecule has 0 amide bonds. The van der Waals surface area contributed by atoms with E-state index in [1.54, 1.807) is 18.2 Å². The third-order valence-electron chi connectivity index (χ3n) is 3.87. The SMILES string of the molecule is COc1cccc(F)c1-c1nc(-c2ccc(Oc3ccc(F)cc3)nc2)no1. The predicted molar refractivity (Wildman–Crippen MR) is 95.9 cm³/mol. The number of nitrogens with zero attached hydrogens (tertiary/aromatic N) is 3. The molecule has 0 aliphatic carbocycles. The van der Waals surface area contributed by atoms with Gasteiger partial charge in [-0.2, -0.15) is 4.98 Å². The van der Waals surface area contributed by atoms with Crippen LogP contribution in [0.2, 0.25) is 0 Å². The van der Waals surface area contributed by atoms with E-state index in [1.807, 2.05) is 0 Å². The summed E-state index contributed by atoms with van der Waals surface area (Å²) in [4.78, 5) is 8.39. The van der Waals surface area contributed by atoms with Gasteiger partial charge < -0.3 is 14.0 Å². The van der Waals surface area contributed by atoms with Gasteiger partial charge in [0.05, 0.1) is 7.11 Å². The lowest BCUT2D eigenvalue weighted by Crippen LogP contribution is -1.92. The summed E-state index contributed by atoms with van der Waals surface area (Å²) in [7, 11) is 1.43. The Balaban J connectivity index is 1.57. The minimum absolute atomic E-state index is 0.00316. The lowest BCUT2D eigenvalue weighted by molar-refractivity contribution is 0.401. The van der Waals surface area contributed by atoms with Crippen LogP contribution in [0.5, 0.6) is 17.4 Å². The molecule has 8 heteroatoms. The van der Waals surface area contributed by atoms with Gasteiger partial charge in [-0.1, -0.05) is 11.2 Å². The van der Waals surface area contributed by atoms with Gasteiger partial charge in [0.25, 0.3) is 5.89 Å². The van der Waals surface area contributed by atoms with Crippen LogP contribution in [0.3, 0.4) is 0 Å². The Kier molecular flexibility index (Phi) is 4.67. The first kappa shape index (κ1) is 17.6. The number of benzene rings is 2. The van der Waals surface area contributed by atoms with E-state index in [2.05, 4.69) is 15.1 Å². The van der Waals surface area contributed by atoms with E-state index in [1.165, 1.54) is 49.7 Å². The first-order valence-corrected chi connectivity index (χ1v) is 8.20. The van der Waals surface area contributed by atoms with E-state index >= 15 is 0 Å². The summed E-state index contributed by atoms with van der Waals surface area (Å²) >= 11 is 0. The molecule has 0 atom stereocenters. The summed E-state index contributed by atoms with van der Waals surface area (Å²) in [6.07, 6.45) is 1.49. The van der Waals surface area contributed by atoms with Crippen molar-refractivity contribution in [1.82, 2.24) is 15.1 Å². The summed E-state index contributed by atoms with van der Waals surface area (Å²) in [5, 5.41) is 3.87. The van der Waals surface area contributed by atoms with Crippen LogP contribution in [0.25, 0.3) is 22.8 Å². The molecule has 6 nitrogen and oxygen atoms in total. The van der Waals surface area contributed by atoms with Gasteiger partial charge >= 0.3 is 0 Å². The Labute approximate surface area is 158 Å². The monoisotopic (exact) mass is 381 g/mol. The zero-order chi connectivity index (χ0) is 19.5. The Morgan fingerprint density at radius 3 is 2.50 bits per heavy atom. The minimum Gasteiger partial charge on any atom is -0.496 e. The molecule has 0 spiro atoms. The molecule has 28 heavy (non-hydrogen) atoms. The molecule has 0 saturated heterocycles.